The van der Waals surface area contributed by atoms with Crippen LogP contribution >= 0.6 is 0 Å². The summed E-state index contributed by atoms with van der Waals surface area (Å²) in [6.45, 7) is 7.36. The smallest absolute Gasteiger partial charge is 0.105 e. The largest absolute Gasteiger partial charge is 0.301 e. The Balaban J connectivity index is 2.51. The third-order valence-corrected chi connectivity index (χ3v) is 4.56. The van der Waals surface area contributed by atoms with Gasteiger partial charge in [0.2, 0.25) is 0 Å². The first-order chi connectivity index (χ1) is 9.02. The highest BCUT2D eigenvalue weighted by Gasteiger charge is 2.29. The van der Waals surface area contributed by atoms with Gasteiger partial charge in [0.25, 0.3) is 0 Å². The van der Waals surface area contributed by atoms with Gasteiger partial charge in [0, 0.05) is 12.1 Å². The van der Waals surface area contributed by atoms with Crippen LogP contribution in [0.5, 0.6) is 0 Å². The summed E-state index contributed by atoms with van der Waals surface area (Å²) in [6.07, 6.45) is 8.75. The van der Waals surface area contributed by atoms with Crippen LogP contribution in [0.2, 0.25) is 0 Å². The van der Waals surface area contributed by atoms with Gasteiger partial charge < -0.3 is 4.90 Å². The van der Waals surface area contributed by atoms with Crippen molar-refractivity contribution in [2.75, 3.05) is 13.6 Å². The van der Waals surface area contributed by atoms with Gasteiger partial charge in [-0.15, -0.1) is 0 Å². The molecule has 0 aliphatic heterocycles. The van der Waals surface area contributed by atoms with Crippen molar-refractivity contribution in [2.24, 2.45) is 0 Å². The van der Waals surface area contributed by atoms with E-state index in [9.17, 15) is 5.26 Å². The quantitative estimate of drug-likeness (QED) is 0.767. The van der Waals surface area contributed by atoms with Crippen LogP contribution in [-0.2, 0) is 0 Å². The summed E-state index contributed by atoms with van der Waals surface area (Å²) in [4.78, 5) is 2.50. The van der Waals surface area contributed by atoms with Crippen molar-refractivity contribution in [2.45, 2.75) is 83.3 Å². The third-order valence-electron chi connectivity index (χ3n) is 4.56. The second kappa shape index (κ2) is 7.87. The molecule has 0 saturated heterocycles. The highest BCUT2D eigenvalue weighted by molar-refractivity contribution is 5.05. The number of nitriles is 1. The zero-order valence-corrected chi connectivity index (χ0v) is 13.2. The minimum atomic E-state index is -0.391. The molecule has 3 heteroatoms. The van der Waals surface area contributed by atoms with E-state index in [0.717, 1.165) is 25.4 Å². The molecule has 0 aromatic rings. The van der Waals surface area contributed by atoms with E-state index in [1.807, 2.05) is 6.92 Å². The Morgan fingerprint density at radius 1 is 1.37 bits per heavy atom. The number of hydrogen-bond donors (Lipinski definition) is 1. The molecule has 0 spiro atoms. The second-order valence-corrected chi connectivity index (χ2v) is 6.38. The highest BCUT2D eigenvalue weighted by atomic mass is 15.2. The summed E-state index contributed by atoms with van der Waals surface area (Å²) < 4.78 is 0. The molecule has 0 bridgehead atoms. The van der Waals surface area contributed by atoms with Crippen LogP contribution in [0.3, 0.4) is 0 Å². The van der Waals surface area contributed by atoms with E-state index in [4.69, 9.17) is 0 Å². The van der Waals surface area contributed by atoms with Crippen molar-refractivity contribution >= 4 is 0 Å². The van der Waals surface area contributed by atoms with Crippen molar-refractivity contribution in [1.29, 1.82) is 5.26 Å². The van der Waals surface area contributed by atoms with Crippen molar-refractivity contribution in [1.82, 2.24) is 10.2 Å². The van der Waals surface area contributed by atoms with Crippen molar-refractivity contribution < 1.29 is 0 Å². The van der Waals surface area contributed by atoms with E-state index < -0.39 is 5.54 Å². The van der Waals surface area contributed by atoms with E-state index in [0.29, 0.717) is 6.04 Å². The predicted octanol–water partition coefficient (Wildman–Crippen LogP) is 3.31. The van der Waals surface area contributed by atoms with Crippen LogP contribution in [0.25, 0.3) is 0 Å². The lowest BCUT2D eigenvalue weighted by molar-refractivity contribution is 0.127. The molecule has 0 heterocycles. The van der Waals surface area contributed by atoms with Crippen LogP contribution in [-0.4, -0.2) is 36.1 Å². The van der Waals surface area contributed by atoms with Gasteiger partial charge in [-0.2, -0.15) is 5.26 Å². The SMILES string of the molecule is CCCNC(C)(C#N)CC(C)N(C)C1CCCCC1. The highest BCUT2D eigenvalue weighted by Crippen LogP contribution is 2.25. The van der Waals surface area contributed by atoms with E-state index in [1.165, 1.54) is 32.1 Å². The molecule has 1 aliphatic rings. The zero-order chi connectivity index (χ0) is 14.3. The number of nitrogens with one attached hydrogen (secondary N) is 1. The van der Waals surface area contributed by atoms with Gasteiger partial charge in [-0.25, -0.2) is 0 Å². The molecule has 1 rings (SSSR count). The molecule has 0 aromatic heterocycles. The molecule has 3 nitrogen and oxygen atoms in total. The first-order valence-electron chi connectivity index (χ1n) is 7.90. The fraction of sp³-hybridized carbons (Fsp3) is 0.938. The lowest BCUT2D eigenvalue weighted by atomic mass is 9.90. The standard InChI is InChI=1S/C16H31N3/c1-5-11-18-16(3,13-17)12-14(2)19(4)15-9-7-6-8-10-15/h14-15,18H,5-12H2,1-4H3. The summed E-state index contributed by atoms with van der Waals surface area (Å²) in [5.41, 5.74) is -0.391. The van der Waals surface area contributed by atoms with E-state index in [1.54, 1.807) is 0 Å². The van der Waals surface area contributed by atoms with Crippen LogP contribution in [0.15, 0.2) is 0 Å². The van der Waals surface area contributed by atoms with Gasteiger partial charge >= 0.3 is 0 Å². The molecule has 2 unspecified atom stereocenters. The Morgan fingerprint density at radius 3 is 2.53 bits per heavy atom. The molecule has 1 N–H and O–H groups in total. The summed E-state index contributed by atoms with van der Waals surface area (Å²) in [7, 11) is 2.23. The van der Waals surface area contributed by atoms with Crippen molar-refractivity contribution in [3.05, 3.63) is 0 Å². The van der Waals surface area contributed by atoms with Gasteiger partial charge in [0.15, 0.2) is 0 Å². The molecule has 0 amide bonds. The summed E-state index contributed by atoms with van der Waals surface area (Å²) >= 11 is 0. The summed E-state index contributed by atoms with van der Waals surface area (Å²) in [6, 6.07) is 3.64. The van der Waals surface area contributed by atoms with E-state index in [2.05, 4.69) is 37.2 Å². The van der Waals surface area contributed by atoms with Crippen LogP contribution < -0.4 is 5.32 Å². The Hall–Kier alpha value is -0.590. The maximum absolute atomic E-state index is 9.42. The second-order valence-electron chi connectivity index (χ2n) is 6.38. The lowest BCUT2D eigenvalue weighted by Gasteiger charge is -2.38. The molecular weight excluding hydrogens is 234 g/mol. The maximum Gasteiger partial charge on any atom is 0.105 e. The Kier molecular flexibility index (Phi) is 6.82. The van der Waals surface area contributed by atoms with Crippen molar-refractivity contribution in [3.63, 3.8) is 0 Å². The molecule has 19 heavy (non-hydrogen) atoms. The lowest BCUT2D eigenvalue weighted by Crippen LogP contribution is -2.49. The average Bonchev–Trinajstić information content (AvgIpc) is 2.45. The molecule has 0 aromatic carbocycles. The first kappa shape index (κ1) is 16.5. The van der Waals surface area contributed by atoms with Crippen LogP contribution in [0.1, 0.15) is 65.7 Å². The molecule has 2 atom stereocenters. The molecule has 0 radical (unpaired) electrons. The predicted molar refractivity (Wildman–Crippen MR) is 81.0 cm³/mol. The Bertz CT molecular complexity index is 291. The van der Waals surface area contributed by atoms with Gasteiger partial charge in [-0.05, 0) is 53.1 Å². The van der Waals surface area contributed by atoms with E-state index in [-0.39, 0.29) is 0 Å². The summed E-state index contributed by atoms with van der Waals surface area (Å²) in [5.74, 6) is 0. The van der Waals surface area contributed by atoms with E-state index >= 15 is 0 Å². The fourth-order valence-corrected chi connectivity index (χ4v) is 3.14. The van der Waals surface area contributed by atoms with Crippen LogP contribution in [0.4, 0.5) is 0 Å². The number of nitrogens with zero attached hydrogens (tertiary/aromatic N) is 2. The van der Waals surface area contributed by atoms with Gasteiger partial charge in [-0.1, -0.05) is 26.2 Å². The Morgan fingerprint density at radius 2 is 2.00 bits per heavy atom. The normalized spacial score (nSPS) is 21.9. The topological polar surface area (TPSA) is 39.1 Å². The fourth-order valence-electron chi connectivity index (χ4n) is 3.14. The number of rotatable bonds is 7. The molecule has 1 aliphatic carbocycles. The maximum atomic E-state index is 9.42. The minimum absolute atomic E-state index is 0.391. The van der Waals surface area contributed by atoms with Crippen LogP contribution in [0, 0.1) is 11.3 Å². The van der Waals surface area contributed by atoms with Gasteiger partial charge in [-0.3, -0.25) is 5.32 Å². The monoisotopic (exact) mass is 265 g/mol. The third kappa shape index (κ3) is 5.12. The van der Waals surface area contributed by atoms with Gasteiger partial charge in [0.1, 0.15) is 5.54 Å². The average molecular weight is 265 g/mol. The van der Waals surface area contributed by atoms with Crippen molar-refractivity contribution in [3.8, 4) is 6.07 Å². The number of hydrogen-bond acceptors (Lipinski definition) is 3. The first-order valence-corrected chi connectivity index (χ1v) is 7.90. The molecule has 110 valence electrons. The molecule has 1 saturated carbocycles. The minimum Gasteiger partial charge on any atom is -0.301 e. The molecule has 1 fully saturated rings. The molecular formula is C16H31N3. The zero-order valence-electron chi connectivity index (χ0n) is 13.2. The summed E-state index contributed by atoms with van der Waals surface area (Å²) in [5, 5.41) is 12.8. The Labute approximate surface area is 119 Å². The van der Waals surface area contributed by atoms with Gasteiger partial charge in [0.05, 0.1) is 6.07 Å².